The van der Waals surface area contributed by atoms with Crippen LogP contribution in [0.15, 0.2) is 79.5 Å². The van der Waals surface area contributed by atoms with Gasteiger partial charge >= 0.3 is 0 Å². The summed E-state index contributed by atoms with van der Waals surface area (Å²) in [6.07, 6.45) is 10.7. The Bertz CT molecular complexity index is 1460. The number of hydrogen-bond acceptors (Lipinski definition) is 3. The average Bonchev–Trinajstić information content (AvgIpc) is 3.34. The minimum Gasteiger partial charge on any atom is -0.351 e. The molecule has 5 rings (SSSR count). The van der Waals surface area contributed by atoms with E-state index in [-0.39, 0.29) is 5.91 Å². The fourth-order valence-electron chi connectivity index (χ4n) is 3.80. The third kappa shape index (κ3) is 3.59. The van der Waals surface area contributed by atoms with Crippen molar-refractivity contribution in [3.63, 3.8) is 0 Å². The molecule has 0 aliphatic rings. The number of aromatic nitrogens is 4. The zero-order valence-electron chi connectivity index (χ0n) is 17.3. The molecule has 0 radical (unpaired) electrons. The molecule has 31 heavy (non-hydrogen) atoms. The lowest BCUT2D eigenvalue weighted by molar-refractivity contribution is -0.111. The first-order chi connectivity index (χ1) is 15.1. The summed E-state index contributed by atoms with van der Waals surface area (Å²) in [7, 11) is 3.98. The second-order valence-corrected chi connectivity index (χ2v) is 7.54. The number of carbonyl (C=O) groups excluding carboxylic acids is 1. The van der Waals surface area contributed by atoms with E-state index in [1.54, 1.807) is 24.8 Å². The molecule has 0 spiro atoms. The van der Waals surface area contributed by atoms with Gasteiger partial charge in [-0.1, -0.05) is 6.07 Å². The molecule has 1 amide bonds. The van der Waals surface area contributed by atoms with Gasteiger partial charge in [0.05, 0.1) is 17.4 Å². The molecule has 152 valence electrons. The number of aryl methyl sites for hydroxylation is 2. The fraction of sp³-hybridized carbons (Fsp3) is 0.0800. The molecule has 3 aromatic heterocycles. The van der Waals surface area contributed by atoms with Crippen molar-refractivity contribution in [3.8, 4) is 11.1 Å². The van der Waals surface area contributed by atoms with Crippen LogP contribution in [-0.4, -0.2) is 25.0 Å². The van der Waals surface area contributed by atoms with Gasteiger partial charge in [0.1, 0.15) is 0 Å². The number of pyridine rings is 1. The van der Waals surface area contributed by atoms with E-state index in [1.807, 2.05) is 71.9 Å². The topological polar surface area (TPSA) is 64.7 Å². The van der Waals surface area contributed by atoms with E-state index in [9.17, 15) is 4.79 Å². The molecule has 3 heterocycles. The first-order valence-electron chi connectivity index (χ1n) is 9.98. The number of fused-ring (bicyclic) bond motifs is 2. The van der Waals surface area contributed by atoms with E-state index in [4.69, 9.17) is 0 Å². The van der Waals surface area contributed by atoms with Crippen LogP contribution >= 0.6 is 0 Å². The highest BCUT2D eigenvalue weighted by atomic mass is 16.1. The van der Waals surface area contributed by atoms with Crippen LogP contribution in [0.4, 0.5) is 5.69 Å². The number of rotatable bonds is 4. The maximum absolute atomic E-state index is 12.5. The van der Waals surface area contributed by atoms with Crippen molar-refractivity contribution in [2.45, 2.75) is 0 Å². The number of nitrogens with one attached hydrogen (secondary N) is 1. The largest absolute Gasteiger partial charge is 0.351 e. The maximum Gasteiger partial charge on any atom is 0.248 e. The molecule has 0 unspecified atom stereocenters. The third-order valence-corrected chi connectivity index (χ3v) is 5.46. The Kier molecular flexibility index (Phi) is 4.59. The number of amides is 1. The number of imidazole rings is 1. The van der Waals surface area contributed by atoms with Gasteiger partial charge in [0, 0.05) is 60.9 Å². The molecule has 0 saturated carbocycles. The van der Waals surface area contributed by atoms with E-state index < -0.39 is 0 Å². The van der Waals surface area contributed by atoms with E-state index >= 15 is 0 Å². The van der Waals surface area contributed by atoms with Crippen LogP contribution < -0.4 is 5.32 Å². The molecule has 1 N–H and O–H groups in total. The highest BCUT2D eigenvalue weighted by Crippen LogP contribution is 2.27. The van der Waals surface area contributed by atoms with Gasteiger partial charge in [-0.05, 0) is 59.7 Å². The lowest BCUT2D eigenvalue weighted by atomic mass is 10.0. The molecule has 0 saturated heterocycles. The summed E-state index contributed by atoms with van der Waals surface area (Å²) in [6.45, 7) is 0. The van der Waals surface area contributed by atoms with E-state index in [0.717, 1.165) is 44.3 Å². The molecule has 2 aromatic carbocycles. The predicted molar refractivity (Wildman–Crippen MR) is 125 cm³/mol. The summed E-state index contributed by atoms with van der Waals surface area (Å²) < 4.78 is 4.04. The minimum atomic E-state index is -0.188. The van der Waals surface area contributed by atoms with Gasteiger partial charge in [0.25, 0.3) is 0 Å². The van der Waals surface area contributed by atoms with Crippen LogP contribution in [0.2, 0.25) is 0 Å². The smallest absolute Gasteiger partial charge is 0.248 e. The summed E-state index contributed by atoms with van der Waals surface area (Å²) in [5.74, 6) is -0.188. The van der Waals surface area contributed by atoms with Crippen LogP contribution in [0.5, 0.6) is 0 Å². The van der Waals surface area contributed by atoms with Gasteiger partial charge in [-0.2, -0.15) is 0 Å². The Morgan fingerprint density at radius 2 is 1.90 bits per heavy atom. The molecule has 0 fully saturated rings. The molecule has 0 atom stereocenters. The second-order valence-electron chi connectivity index (χ2n) is 7.54. The van der Waals surface area contributed by atoms with Crippen molar-refractivity contribution in [3.05, 3.63) is 85.1 Å². The standard InChI is InChI=1S/C25H21N5O/c1-29-12-10-18-13-20(5-7-23(18)29)28-25(31)8-4-19-15-26-11-9-21(19)17-3-6-22-24(14-17)30(2)16-27-22/h3-16H,1-2H3,(H,28,31)/b8-4+. The van der Waals surface area contributed by atoms with Crippen LogP contribution in [0.1, 0.15) is 5.56 Å². The van der Waals surface area contributed by atoms with E-state index in [0.29, 0.717) is 0 Å². The summed E-state index contributed by atoms with van der Waals surface area (Å²) in [5, 5.41) is 4.02. The van der Waals surface area contributed by atoms with Gasteiger partial charge in [-0.3, -0.25) is 9.78 Å². The fourth-order valence-corrected chi connectivity index (χ4v) is 3.80. The van der Waals surface area contributed by atoms with Crippen molar-refractivity contribution in [2.24, 2.45) is 14.1 Å². The number of benzene rings is 2. The predicted octanol–water partition coefficient (Wildman–Crippen LogP) is 4.78. The Morgan fingerprint density at radius 1 is 1.00 bits per heavy atom. The molecule has 6 nitrogen and oxygen atoms in total. The lowest BCUT2D eigenvalue weighted by Gasteiger charge is -2.07. The number of anilines is 1. The number of nitrogens with zero attached hydrogens (tertiary/aromatic N) is 4. The van der Waals surface area contributed by atoms with Gasteiger partial charge in [-0.15, -0.1) is 0 Å². The zero-order chi connectivity index (χ0) is 21.4. The molecular weight excluding hydrogens is 386 g/mol. The maximum atomic E-state index is 12.5. The van der Waals surface area contributed by atoms with E-state index in [1.165, 1.54) is 6.08 Å². The monoisotopic (exact) mass is 407 g/mol. The van der Waals surface area contributed by atoms with Crippen LogP contribution in [0.3, 0.4) is 0 Å². The Labute approximate surface area is 179 Å². The van der Waals surface area contributed by atoms with Crippen LogP contribution in [0.25, 0.3) is 39.1 Å². The number of carbonyl (C=O) groups is 1. The van der Waals surface area contributed by atoms with Crippen molar-refractivity contribution >= 4 is 39.6 Å². The molecular formula is C25H21N5O. The first-order valence-corrected chi connectivity index (χ1v) is 9.98. The summed E-state index contributed by atoms with van der Waals surface area (Å²) >= 11 is 0. The quantitative estimate of drug-likeness (QED) is 0.436. The SMILES string of the molecule is Cn1ccc2cc(NC(=O)/C=C/c3cnccc3-c3ccc4ncn(C)c4c3)ccc21. The molecule has 0 aliphatic carbocycles. The third-order valence-electron chi connectivity index (χ3n) is 5.46. The minimum absolute atomic E-state index is 0.188. The van der Waals surface area contributed by atoms with Crippen molar-refractivity contribution in [2.75, 3.05) is 5.32 Å². The molecule has 0 bridgehead atoms. The molecule has 6 heteroatoms. The highest BCUT2D eigenvalue weighted by Gasteiger charge is 2.07. The Balaban J connectivity index is 1.40. The van der Waals surface area contributed by atoms with Crippen LogP contribution in [-0.2, 0) is 18.9 Å². The van der Waals surface area contributed by atoms with Crippen molar-refractivity contribution in [1.29, 1.82) is 0 Å². The van der Waals surface area contributed by atoms with E-state index in [2.05, 4.69) is 21.4 Å². The van der Waals surface area contributed by atoms with Crippen molar-refractivity contribution in [1.82, 2.24) is 19.1 Å². The van der Waals surface area contributed by atoms with Gasteiger partial charge in [0.2, 0.25) is 5.91 Å². The summed E-state index contributed by atoms with van der Waals surface area (Å²) in [4.78, 5) is 21.1. The second kappa shape index (κ2) is 7.57. The molecule has 0 aliphatic heterocycles. The molecule has 5 aromatic rings. The summed E-state index contributed by atoms with van der Waals surface area (Å²) in [6, 6.07) is 16.0. The Morgan fingerprint density at radius 3 is 2.81 bits per heavy atom. The van der Waals surface area contributed by atoms with Crippen LogP contribution in [0, 0.1) is 0 Å². The highest BCUT2D eigenvalue weighted by molar-refractivity contribution is 6.03. The average molecular weight is 407 g/mol. The normalized spacial score (nSPS) is 11.5. The first kappa shape index (κ1) is 18.8. The van der Waals surface area contributed by atoms with Gasteiger partial charge in [0.15, 0.2) is 0 Å². The van der Waals surface area contributed by atoms with Gasteiger partial charge < -0.3 is 14.5 Å². The zero-order valence-corrected chi connectivity index (χ0v) is 17.3. The lowest BCUT2D eigenvalue weighted by Crippen LogP contribution is -2.07. The summed E-state index contributed by atoms with van der Waals surface area (Å²) in [5.41, 5.74) is 6.82. The van der Waals surface area contributed by atoms with Gasteiger partial charge in [-0.25, -0.2) is 4.98 Å². The Hall–Kier alpha value is -4.19. The number of hydrogen-bond donors (Lipinski definition) is 1. The van der Waals surface area contributed by atoms with Crippen molar-refractivity contribution < 1.29 is 4.79 Å².